The van der Waals surface area contributed by atoms with Crippen molar-refractivity contribution in [3.63, 3.8) is 0 Å². The van der Waals surface area contributed by atoms with Crippen molar-refractivity contribution in [1.82, 2.24) is 9.21 Å². The first-order valence-electron chi connectivity index (χ1n) is 8.69. The van der Waals surface area contributed by atoms with E-state index in [1.807, 2.05) is 44.2 Å². The summed E-state index contributed by atoms with van der Waals surface area (Å²) in [6, 6.07) is 16.9. The van der Waals surface area contributed by atoms with Crippen LogP contribution in [-0.4, -0.2) is 43.8 Å². The van der Waals surface area contributed by atoms with E-state index in [0.717, 1.165) is 16.7 Å². The Morgan fingerprint density at radius 1 is 1.00 bits per heavy atom. The Morgan fingerprint density at radius 2 is 1.69 bits per heavy atom. The summed E-state index contributed by atoms with van der Waals surface area (Å²) in [6.45, 7) is 5.74. The quantitative estimate of drug-likeness (QED) is 0.831. The smallest absolute Gasteiger partial charge is 0.243 e. The number of rotatable bonds is 4. The molecule has 2 aromatic rings. The van der Waals surface area contributed by atoms with Crippen LogP contribution in [0.2, 0.25) is 0 Å². The molecule has 0 bridgehead atoms. The molecule has 3 rings (SSSR count). The number of nitriles is 1. The molecular formula is C20H23N3O2S. The van der Waals surface area contributed by atoms with E-state index in [2.05, 4.69) is 11.0 Å². The molecule has 0 radical (unpaired) electrons. The first-order valence-corrected chi connectivity index (χ1v) is 10.1. The lowest BCUT2D eigenvalue weighted by Gasteiger charge is -2.36. The molecule has 0 aromatic heterocycles. The highest BCUT2D eigenvalue weighted by Crippen LogP contribution is 2.26. The molecule has 0 spiro atoms. The Balaban J connectivity index is 1.75. The van der Waals surface area contributed by atoms with Crippen molar-refractivity contribution in [3.8, 4) is 6.07 Å². The fourth-order valence-electron chi connectivity index (χ4n) is 3.37. The largest absolute Gasteiger partial charge is 0.282 e. The molecular weight excluding hydrogens is 346 g/mol. The van der Waals surface area contributed by atoms with Gasteiger partial charge >= 0.3 is 0 Å². The third-order valence-electron chi connectivity index (χ3n) is 4.87. The minimum atomic E-state index is -3.49. The van der Waals surface area contributed by atoms with Gasteiger partial charge < -0.3 is 0 Å². The van der Waals surface area contributed by atoms with E-state index >= 15 is 0 Å². The molecule has 136 valence electrons. The van der Waals surface area contributed by atoms with Crippen molar-refractivity contribution in [2.45, 2.75) is 24.8 Å². The highest BCUT2D eigenvalue weighted by molar-refractivity contribution is 7.89. The van der Waals surface area contributed by atoms with E-state index in [-0.39, 0.29) is 6.04 Å². The molecule has 0 amide bonds. The Bertz CT molecular complexity index is 926. The van der Waals surface area contributed by atoms with Gasteiger partial charge in [0.1, 0.15) is 6.04 Å². The van der Waals surface area contributed by atoms with Crippen molar-refractivity contribution in [1.29, 1.82) is 5.26 Å². The van der Waals surface area contributed by atoms with Crippen LogP contribution < -0.4 is 0 Å². The molecule has 6 heteroatoms. The van der Waals surface area contributed by atoms with Crippen LogP contribution >= 0.6 is 0 Å². The predicted octanol–water partition coefficient (Wildman–Crippen LogP) is 2.87. The zero-order chi connectivity index (χ0) is 18.7. The molecule has 0 N–H and O–H groups in total. The summed E-state index contributed by atoms with van der Waals surface area (Å²) in [6.07, 6.45) is 0. The molecule has 0 aliphatic carbocycles. The number of sulfonamides is 1. The Kier molecular flexibility index (Phi) is 5.42. The topological polar surface area (TPSA) is 64.4 Å². The van der Waals surface area contributed by atoms with Gasteiger partial charge in [-0.2, -0.15) is 9.57 Å². The molecule has 1 aliphatic heterocycles. The summed E-state index contributed by atoms with van der Waals surface area (Å²) in [7, 11) is -3.49. The van der Waals surface area contributed by atoms with E-state index in [1.165, 1.54) is 4.31 Å². The molecule has 1 atom stereocenters. The summed E-state index contributed by atoms with van der Waals surface area (Å²) in [5, 5.41) is 9.67. The maximum Gasteiger partial charge on any atom is 0.243 e. The molecule has 0 saturated carbocycles. The highest BCUT2D eigenvalue weighted by Gasteiger charge is 2.31. The third kappa shape index (κ3) is 3.65. The molecule has 1 saturated heterocycles. The fourth-order valence-corrected chi connectivity index (χ4v) is 4.90. The highest BCUT2D eigenvalue weighted by atomic mass is 32.2. The van der Waals surface area contributed by atoms with Crippen LogP contribution in [0.4, 0.5) is 0 Å². The molecule has 1 aliphatic rings. The van der Waals surface area contributed by atoms with Crippen LogP contribution in [0.15, 0.2) is 53.4 Å². The standard InChI is InChI=1S/C20H23N3O2S/c1-16-6-5-8-18(14-16)26(24,25)23-12-10-22(11-13-23)20(15-21)19-9-4-3-7-17(19)2/h3-9,14,20H,10-13H2,1-2H3. The monoisotopic (exact) mass is 369 g/mol. The summed E-state index contributed by atoms with van der Waals surface area (Å²) in [5.41, 5.74) is 2.99. The molecule has 5 nitrogen and oxygen atoms in total. The summed E-state index contributed by atoms with van der Waals surface area (Å²) in [5.74, 6) is 0. The van der Waals surface area contributed by atoms with E-state index in [1.54, 1.807) is 18.2 Å². The van der Waals surface area contributed by atoms with Crippen molar-refractivity contribution in [2.24, 2.45) is 0 Å². The average molecular weight is 369 g/mol. The Hall–Kier alpha value is -2.20. The number of nitrogens with zero attached hydrogens (tertiary/aromatic N) is 3. The zero-order valence-electron chi connectivity index (χ0n) is 15.1. The lowest BCUT2D eigenvalue weighted by atomic mass is 10.0. The second kappa shape index (κ2) is 7.58. The Morgan fingerprint density at radius 3 is 2.31 bits per heavy atom. The molecule has 1 fully saturated rings. The maximum atomic E-state index is 12.9. The van der Waals surface area contributed by atoms with Crippen molar-refractivity contribution < 1.29 is 8.42 Å². The predicted molar refractivity (Wildman–Crippen MR) is 101 cm³/mol. The van der Waals surface area contributed by atoms with Gasteiger partial charge in [0.25, 0.3) is 0 Å². The SMILES string of the molecule is Cc1cccc(S(=O)(=O)N2CCN(C(C#N)c3ccccc3C)CC2)c1. The van der Waals surface area contributed by atoms with Crippen molar-refractivity contribution in [2.75, 3.05) is 26.2 Å². The van der Waals surface area contributed by atoms with Gasteiger partial charge in [0.05, 0.1) is 11.0 Å². The van der Waals surface area contributed by atoms with Gasteiger partial charge in [0.2, 0.25) is 10.0 Å². The third-order valence-corrected chi connectivity index (χ3v) is 6.77. The van der Waals surface area contributed by atoms with Crippen LogP contribution in [0.3, 0.4) is 0 Å². The first kappa shape index (κ1) is 18.6. The van der Waals surface area contributed by atoms with Gasteiger partial charge in [-0.05, 0) is 42.7 Å². The van der Waals surface area contributed by atoms with Gasteiger partial charge in [0, 0.05) is 26.2 Å². The summed E-state index contributed by atoms with van der Waals surface area (Å²) >= 11 is 0. The number of hydrogen-bond donors (Lipinski definition) is 0. The van der Waals surface area contributed by atoms with E-state index in [0.29, 0.717) is 31.1 Å². The average Bonchev–Trinajstić information content (AvgIpc) is 2.64. The number of aryl methyl sites for hydroxylation is 2. The number of hydrogen-bond acceptors (Lipinski definition) is 4. The zero-order valence-corrected chi connectivity index (χ0v) is 15.9. The van der Waals surface area contributed by atoms with Gasteiger partial charge in [-0.25, -0.2) is 8.42 Å². The summed E-state index contributed by atoms with van der Waals surface area (Å²) < 4.78 is 27.2. The first-order chi connectivity index (χ1) is 12.4. The second-order valence-corrected chi connectivity index (χ2v) is 8.58. The van der Waals surface area contributed by atoms with Gasteiger partial charge in [-0.15, -0.1) is 0 Å². The molecule has 26 heavy (non-hydrogen) atoms. The van der Waals surface area contributed by atoms with Crippen LogP contribution in [-0.2, 0) is 10.0 Å². The van der Waals surface area contributed by atoms with E-state index in [4.69, 9.17) is 0 Å². The van der Waals surface area contributed by atoms with Crippen LogP contribution in [0.1, 0.15) is 22.7 Å². The lowest BCUT2D eigenvalue weighted by molar-refractivity contribution is 0.162. The van der Waals surface area contributed by atoms with Gasteiger partial charge in [-0.3, -0.25) is 4.90 Å². The second-order valence-electron chi connectivity index (χ2n) is 6.64. The molecule has 2 aromatic carbocycles. The normalized spacial score (nSPS) is 17.6. The molecule has 1 heterocycles. The fraction of sp³-hybridized carbons (Fsp3) is 0.350. The van der Waals surface area contributed by atoms with Crippen molar-refractivity contribution in [3.05, 3.63) is 65.2 Å². The van der Waals surface area contributed by atoms with Crippen molar-refractivity contribution >= 4 is 10.0 Å². The minimum absolute atomic E-state index is 0.335. The number of benzene rings is 2. The summed E-state index contributed by atoms with van der Waals surface area (Å²) in [4.78, 5) is 2.40. The van der Waals surface area contributed by atoms with Crippen LogP contribution in [0, 0.1) is 25.2 Å². The Labute approximate surface area is 155 Å². The maximum absolute atomic E-state index is 12.9. The lowest BCUT2D eigenvalue weighted by Crippen LogP contribution is -2.49. The van der Waals surface area contributed by atoms with Crippen LogP contribution in [0.5, 0.6) is 0 Å². The van der Waals surface area contributed by atoms with E-state index < -0.39 is 10.0 Å². The van der Waals surface area contributed by atoms with Gasteiger partial charge in [-0.1, -0.05) is 36.4 Å². The van der Waals surface area contributed by atoms with Crippen LogP contribution in [0.25, 0.3) is 0 Å². The van der Waals surface area contributed by atoms with Gasteiger partial charge in [0.15, 0.2) is 0 Å². The number of piperazine rings is 1. The molecule has 1 unspecified atom stereocenters. The minimum Gasteiger partial charge on any atom is -0.282 e. The van der Waals surface area contributed by atoms with E-state index in [9.17, 15) is 13.7 Å².